The molecule has 2 heterocycles. The zero-order valence-electron chi connectivity index (χ0n) is 13.7. The Balaban J connectivity index is 1.69. The molecule has 1 aliphatic heterocycles. The Morgan fingerprint density at radius 3 is 3.04 bits per heavy atom. The number of nitrogens with one attached hydrogen (secondary N) is 1. The van der Waals surface area contributed by atoms with Crippen LogP contribution in [0.25, 0.3) is 0 Å². The Kier molecular flexibility index (Phi) is 6.07. The van der Waals surface area contributed by atoms with E-state index in [1.165, 1.54) is 4.88 Å². The Hall–Kier alpha value is -1.63. The van der Waals surface area contributed by atoms with Gasteiger partial charge in [-0.05, 0) is 48.6 Å². The maximum atomic E-state index is 5.79. The SMILES string of the molecule is COc1cccc(NC(=S)N(Cc2cccs2)C[C@@H]2CCCO2)c1. The predicted molar refractivity (Wildman–Crippen MR) is 103 cm³/mol. The van der Waals surface area contributed by atoms with Crippen molar-refractivity contribution in [1.29, 1.82) is 0 Å². The number of methoxy groups -OCH3 is 1. The lowest BCUT2D eigenvalue weighted by molar-refractivity contribution is 0.0907. The van der Waals surface area contributed by atoms with Crippen molar-refractivity contribution in [2.45, 2.75) is 25.5 Å². The van der Waals surface area contributed by atoms with Crippen LogP contribution in [-0.2, 0) is 11.3 Å². The minimum Gasteiger partial charge on any atom is -0.497 e. The summed E-state index contributed by atoms with van der Waals surface area (Å²) in [6.45, 7) is 2.47. The first kappa shape index (κ1) is 17.2. The van der Waals surface area contributed by atoms with Gasteiger partial charge in [0.25, 0.3) is 0 Å². The summed E-state index contributed by atoms with van der Waals surface area (Å²) in [7, 11) is 1.66. The second-order valence-corrected chi connectivity index (χ2v) is 7.18. The molecule has 0 radical (unpaired) electrons. The van der Waals surface area contributed by atoms with Crippen LogP contribution < -0.4 is 10.1 Å². The van der Waals surface area contributed by atoms with Crippen LogP contribution in [0.4, 0.5) is 5.69 Å². The number of rotatable bonds is 6. The molecule has 6 heteroatoms. The van der Waals surface area contributed by atoms with Crippen molar-refractivity contribution < 1.29 is 9.47 Å². The quantitative estimate of drug-likeness (QED) is 0.781. The molecule has 1 aromatic heterocycles. The van der Waals surface area contributed by atoms with E-state index in [1.54, 1.807) is 18.4 Å². The number of hydrogen-bond donors (Lipinski definition) is 1. The van der Waals surface area contributed by atoms with E-state index in [0.717, 1.165) is 44.0 Å². The van der Waals surface area contributed by atoms with Gasteiger partial charge in [0.1, 0.15) is 5.75 Å². The standard InChI is InChI=1S/C18H22N2O2S2/c1-21-15-6-2-5-14(11-15)19-18(23)20(12-16-7-3-9-22-16)13-17-8-4-10-24-17/h2,4-6,8,10-11,16H,3,7,9,12-13H2,1H3,(H,19,23)/t16-/m0/s1. The molecule has 0 saturated carbocycles. The average molecular weight is 363 g/mol. The Labute approximate surface area is 152 Å². The Bertz CT molecular complexity index is 655. The molecule has 2 aromatic rings. The first-order valence-electron chi connectivity index (χ1n) is 8.08. The summed E-state index contributed by atoms with van der Waals surface area (Å²) in [5, 5.41) is 6.14. The minimum atomic E-state index is 0.259. The highest BCUT2D eigenvalue weighted by molar-refractivity contribution is 7.80. The normalized spacial score (nSPS) is 16.8. The number of nitrogens with zero attached hydrogens (tertiary/aromatic N) is 1. The Morgan fingerprint density at radius 2 is 2.33 bits per heavy atom. The van der Waals surface area contributed by atoms with E-state index in [2.05, 4.69) is 27.7 Å². The molecule has 0 bridgehead atoms. The smallest absolute Gasteiger partial charge is 0.173 e. The third-order valence-corrected chi connectivity index (χ3v) is 5.20. The van der Waals surface area contributed by atoms with Crippen molar-refractivity contribution in [3.8, 4) is 5.75 Å². The van der Waals surface area contributed by atoms with Crippen LogP contribution in [0.3, 0.4) is 0 Å². The van der Waals surface area contributed by atoms with Crippen LogP contribution in [0.5, 0.6) is 5.75 Å². The van der Waals surface area contributed by atoms with E-state index in [4.69, 9.17) is 21.7 Å². The molecule has 4 nitrogen and oxygen atoms in total. The van der Waals surface area contributed by atoms with Gasteiger partial charge in [0.2, 0.25) is 0 Å². The van der Waals surface area contributed by atoms with Gasteiger partial charge in [0.15, 0.2) is 5.11 Å². The summed E-state index contributed by atoms with van der Waals surface area (Å²) in [6, 6.07) is 12.0. The first-order chi connectivity index (χ1) is 11.7. The van der Waals surface area contributed by atoms with Crippen molar-refractivity contribution >= 4 is 34.4 Å². The highest BCUT2D eigenvalue weighted by atomic mass is 32.1. The molecule has 1 atom stereocenters. The number of hydrogen-bond acceptors (Lipinski definition) is 4. The van der Waals surface area contributed by atoms with Crippen molar-refractivity contribution in [2.75, 3.05) is 25.6 Å². The van der Waals surface area contributed by atoms with Gasteiger partial charge in [-0.25, -0.2) is 0 Å². The summed E-state index contributed by atoms with van der Waals surface area (Å²) >= 11 is 7.42. The molecule has 0 aliphatic carbocycles. The number of ether oxygens (including phenoxy) is 2. The summed E-state index contributed by atoms with van der Waals surface area (Å²) < 4.78 is 11.1. The maximum Gasteiger partial charge on any atom is 0.173 e. The van der Waals surface area contributed by atoms with Gasteiger partial charge in [-0.3, -0.25) is 0 Å². The van der Waals surface area contributed by atoms with Gasteiger partial charge in [0.05, 0.1) is 19.8 Å². The highest BCUT2D eigenvalue weighted by Gasteiger charge is 2.21. The molecule has 1 aromatic carbocycles. The second kappa shape index (κ2) is 8.46. The van der Waals surface area contributed by atoms with Crippen molar-refractivity contribution in [3.63, 3.8) is 0 Å². The van der Waals surface area contributed by atoms with Crippen LogP contribution in [-0.4, -0.2) is 36.4 Å². The lowest BCUT2D eigenvalue weighted by Gasteiger charge is -2.28. The third-order valence-electron chi connectivity index (χ3n) is 3.98. The topological polar surface area (TPSA) is 33.7 Å². The lowest BCUT2D eigenvalue weighted by atomic mass is 10.2. The molecule has 1 fully saturated rings. The average Bonchev–Trinajstić information content (AvgIpc) is 3.28. The zero-order chi connectivity index (χ0) is 16.8. The molecular formula is C18H22N2O2S2. The van der Waals surface area contributed by atoms with Crippen LogP contribution in [0.1, 0.15) is 17.7 Å². The first-order valence-corrected chi connectivity index (χ1v) is 9.37. The van der Waals surface area contributed by atoms with Gasteiger partial charge in [0, 0.05) is 29.8 Å². The molecule has 24 heavy (non-hydrogen) atoms. The molecule has 3 rings (SSSR count). The van der Waals surface area contributed by atoms with E-state index in [9.17, 15) is 0 Å². The van der Waals surface area contributed by atoms with Crippen molar-refractivity contribution in [2.24, 2.45) is 0 Å². The molecule has 1 saturated heterocycles. The third kappa shape index (κ3) is 4.69. The molecule has 128 valence electrons. The van der Waals surface area contributed by atoms with Crippen molar-refractivity contribution in [3.05, 3.63) is 46.7 Å². The summed E-state index contributed by atoms with van der Waals surface area (Å²) in [5.41, 5.74) is 0.933. The fraction of sp³-hybridized carbons (Fsp3) is 0.389. The van der Waals surface area contributed by atoms with Gasteiger partial charge >= 0.3 is 0 Å². The summed E-state index contributed by atoms with van der Waals surface area (Å²) in [6.07, 6.45) is 2.49. The van der Waals surface area contributed by atoms with Gasteiger partial charge < -0.3 is 19.7 Å². The number of thiocarbonyl (C=S) groups is 1. The van der Waals surface area contributed by atoms with E-state index < -0.39 is 0 Å². The lowest BCUT2D eigenvalue weighted by Crippen LogP contribution is -2.39. The number of thiophene rings is 1. The fourth-order valence-electron chi connectivity index (χ4n) is 2.75. The van der Waals surface area contributed by atoms with E-state index >= 15 is 0 Å². The van der Waals surface area contributed by atoms with Crippen molar-refractivity contribution in [1.82, 2.24) is 4.90 Å². The van der Waals surface area contributed by atoms with Crippen LogP contribution in [0, 0.1) is 0 Å². The van der Waals surface area contributed by atoms with Crippen LogP contribution in [0.2, 0.25) is 0 Å². The zero-order valence-corrected chi connectivity index (χ0v) is 15.4. The monoisotopic (exact) mass is 362 g/mol. The molecule has 0 spiro atoms. The fourth-order valence-corrected chi connectivity index (χ4v) is 3.72. The largest absolute Gasteiger partial charge is 0.497 e. The molecule has 0 amide bonds. The van der Waals surface area contributed by atoms with Gasteiger partial charge in [-0.15, -0.1) is 11.3 Å². The van der Waals surface area contributed by atoms with Crippen LogP contribution in [0.15, 0.2) is 41.8 Å². The molecule has 1 aliphatic rings. The minimum absolute atomic E-state index is 0.259. The number of anilines is 1. The second-order valence-electron chi connectivity index (χ2n) is 5.76. The van der Waals surface area contributed by atoms with E-state index in [1.807, 2.05) is 24.3 Å². The van der Waals surface area contributed by atoms with Crippen LogP contribution >= 0.6 is 23.6 Å². The predicted octanol–water partition coefficient (Wildman–Crippen LogP) is 4.13. The van der Waals surface area contributed by atoms with Gasteiger partial charge in [-0.2, -0.15) is 0 Å². The van der Waals surface area contributed by atoms with E-state index in [0.29, 0.717) is 5.11 Å². The summed E-state index contributed by atoms with van der Waals surface area (Å²) in [4.78, 5) is 3.49. The molecular weight excluding hydrogens is 340 g/mol. The van der Waals surface area contributed by atoms with Gasteiger partial charge in [-0.1, -0.05) is 12.1 Å². The number of benzene rings is 1. The molecule has 0 unspecified atom stereocenters. The Morgan fingerprint density at radius 1 is 1.42 bits per heavy atom. The van der Waals surface area contributed by atoms with E-state index in [-0.39, 0.29) is 6.10 Å². The maximum absolute atomic E-state index is 5.79. The molecule has 1 N–H and O–H groups in total. The summed E-state index contributed by atoms with van der Waals surface area (Å²) in [5.74, 6) is 0.812. The highest BCUT2D eigenvalue weighted by Crippen LogP contribution is 2.20.